The molecule has 1 atom stereocenters. The highest BCUT2D eigenvalue weighted by molar-refractivity contribution is 5.59. The van der Waals surface area contributed by atoms with Gasteiger partial charge < -0.3 is 14.3 Å². The van der Waals surface area contributed by atoms with E-state index in [4.69, 9.17) is 9.52 Å². The Labute approximate surface area is 183 Å². The highest BCUT2D eigenvalue weighted by Gasteiger charge is 2.36. The maximum absolute atomic E-state index is 6.02. The molecule has 0 fully saturated rings. The minimum absolute atomic E-state index is 0.250. The van der Waals surface area contributed by atoms with Crippen LogP contribution < -0.4 is 4.90 Å². The molecule has 10 nitrogen and oxygen atoms in total. The number of hydrogen-bond donors (Lipinski definition) is 1. The second kappa shape index (κ2) is 7.26. The molecule has 0 aliphatic carbocycles. The molecule has 0 radical (unpaired) electrons. The molecule has 0 aromatic carbocycles. The Kier molecular flexibility index (Phi) is 4.23. The van der Waals surface area contributed by atoms with Gasteiger partial charge in [0.2, 0.25) is 0 Å². The van der Waals surface area contributed by atoms with Gasteiger partial charge in [-0.3, -0.25) is 4.98 Å². The van der Waals surface area contributed by atoms with Gasteiger partial charge in [0.15, 0.2) is 0 Å². The first-order valence-corrected chi connectivity index (χ1v) is 10.6. The Morgan fingerprint density at radius 3 is 2.97 bits per heavy atom. The summed E-state index contributed by atoms with van der Waals surface area (Å²) in [7, 11) is 0. The lowest BCUT2D eigenvalue weighted by atomic mass is 9.99. The third kappa shape index (κ3) is 2.95. The van der Waals surface area contributed by atoms with Gasteiger partial charge in [0.25, 0.3) is 5.89 Å². The van der Waals surface area contributed by atoms with Gasteiger partial charge >= 0.3 is 6.01 Å². The van der Waals surface area contributed by atoms with Gasteiger partial charge in [-0.15, -0.1) is 5.10 Å². The van der Waals surface area contributed by atoms with Gasteiger partial charge in [-0.25, -0.2) is 14.5 Å². The lowest BCUT2D eigenvalue weighted by Gasteiger charge is -2.32. The van der Waals surface area contributed by atoms with Crippen molar-refractivity contribution in [1.29, 1.82) is 0 Å². The molecule has 10 heteroatoms. The number of fused-ring (bicyclic) bond motifs is 2. The number of rotatable bonds is 4. The largest absolute Gasteiger partial charge is 0.401 e. The second-order valence-electron chi connectivity index (χ2n) is 8.11. The number of imidazole rings is 1. The van der Waals surface area contributed by atoms with E-state index in [0.717, 1.165) is 29.0 Å². The summed E-state index contributed by atoms with van der Waals surface area (Å²) in [5.41, 5.74) is 5.77. The van der Waals surface area contributed by atoms with Crippen molar-refractivity contribution in [2.24, 2.45) is 0 Å². The van der Waals surface area contributed by atoms with Crippen LogP contribution in [0.15, 0.2) is 53.7 Å². The fraction of sp³-hybridized carbons (Fsp3) is 0.273. The monoisotopic (exact) mass is 427 g/mol. The third-order valence-corrected chi connectivity index (χ3v) is 5.82. The number of aromatic amines is 1. The smallest absolute Gasteiger partial charge is 0.319 e. The molecule has 1 aliphatic rings. The molecule has 160 valence electrons. The molecule has 0 saturated carbocycles. The minimum Gasteiger partial charge on any atom is -0.401 e. The minimum atomic E-state index is -0.250. The van der Waals surface area contributed by atoms with E-state index in [-0.39, 0.29) is 6.04 Å². The molecule has 5 aromatic rings. The van der Waals surface area contributed by atoms with Crippen LogP contribution in [0.5, 0.6) is 0 Å². The van der Waals surface area contributed by atoms with Crippen LogP contribution in [0.4, 0.5) is 6.01 Å². The van der Waals surface area contributed by atoms with Crippen LogP contribution >= 0.6 is 0 Å². The molecule has 1 N–H and O–H groups in total. The first-order valence-electron chi connectivity index (χ1n) is 10.6. The van der Waals surface area contributed by atoms with Gasteiger partial charge in [0.05, 0.1) is 29.4 Å². The van der Waals surface area contributed by atoms with Crippen LogP contribution in [-0.4, -0.2) is 46.3 Å². The Bertz CT molecular complexity index is 1380. The average Bonchev–Trinajstić information content (AvgIpc) is 3.57. The van der Waals surface area contributed by atoms with Crippen LogP contribution in [0.1, 0.15) is 48.5 Å². The lowest BCUT2D eigenvalue weighted by molar-refractivity contribution is 0.502. The van der Waals surface area contributed by atoms with E-state index in [0.29, 0.717) is 30.1 Å². The van der Waals surface area contributed by atoms with Gasteiger partial charge in [0, 0.05) is 37.3 Å². The predicted octanol–water partition coefficient (Wildman–Crippen LogP) is 3.17. The van der Waals surface area contributed by atoms with Gasteiger partial charge in [-0.2, -0.15) is 5.10 Å². The van der Waals surface area contributed by atoms with E-state index in [1.807, 2.05) is 16.8 Å². The average molecular weight is 427 g/mol. The topological polar surface area (TPSA) is 114 Å². The fourth-order valence-corrected chi connectivity index (χ4v) is 4.30. The van der Waals surface area contributed by atoms with Crippen LogP contribution in [0, 0.1) is 0 Å². The number of pyridine rings is 1. The van der Waals surface area contributed by atoms with Crippen molar-refractivity contribution in [2.75, 3.05) is 11.4 Å². The Morgan fingerprint density at radius 1 is 1.19 bits per heavy atom. The van der Waals surface area contributed by atoms with Crippen molar-refractivity contribution in [1.82, 2.24) is 39.7 Å². The molecule has 0 spiro atoms. The summed E-state index contributed by atoms with van der Waals surface area (Å²) in [6.07, 6.45) is 9.31. The SMILES string of the molecule is CC(C)c1cccn2nc([C@H]3c4nc[nH]c4CCN3c3nnc(-c4cnccn4)o3)cc12. The Balaban J connectivity index is 1.46. The van der Waals surface area contributed by atoms with Crippen LogP contribution in [0.3, 0.4) is 0 Å². The predicted molar refractivity (Wildman–Crippen MR) is 116 cm³/mol. The summed E-state index contributed by atoms with van der Waals surface area (Å²) in [5.74, 6) is 0.717. The summed E-state index contributed by atoms with van der Waals surface area (Å²) in [6.45, 7) is 5.06. The normalized spacial score (nSPS) is 16.1. The Morgan fingerprint density at radius 2 is 2.12 bits per heavy atom. The first kappa shape index (κ1) is 18.7. The highest BCUT2D eigenvalue weighted by Crippen LogP contribution is 2.37. The Hall–Kier alpha value is -4.08. The number of H-pyrrole nitrogens is 1. The zero-order valence-corrected chi connectivity index (χ0v) is 17.7. The standard InChI is InChI=1S/C22H21N9O/c1-13(2)14-4-3-8-31-18(14)10-16(29-31)20-19-15(25-12-26-19)5-9-30(20)22-28-27-21(32-22)17-11-23-6-7-24-17/h3-4,6-8,10-13,20H,5,9H2,1-2H3,(H,25,26)/t20-/m0/s1. The third-order valence-electron chi connectivity index (χ3n) is 5.82. The highest BCUT2D eigenvalue weighted by atomic mass is 16.4. The zero-order valence-electron chi connectivity index (χ0n) is 17.7. The second-order valence-corrected chi connectivity index (χ2v) is 8.11. The molecule has 6 rings (SSSR count). The molecular weight excluding hydrogens is 406 g/mol. The molecule has 0 unspecified atom stereocenters. The maximum atomic E-state index is 6.02. The molecule has 0 saturated heterocycles. The van der Waals surface area contributed by atoms with Gasteiger partial charge in [-0.05, 0) is 23.6 Å². The van der Waals surface area contributed by atoms with E-state index >= 15 is 0 Å². The number of nitrogens with zero attached hydrogens (tertiary/aromatic N) is 8. The van der Waals surface area contributed by atoms with Crippen LogP contribution in [0.25, 0.3) is 17.1 Å². The van der Waals surface area contributed by atoms with Crippen molar-refractivity contribution in [2.45, 2.75) is 32.2 Å². The molecule has 0 bridgehead atoms. The molecule has 1 aliphatic heterocycles. The summed E-state index contributed by atoms with van der Waals surface area (Å²) in [5, 5.41) is 13.4. The van der Waals surface area contributed by atoms with Crippen molar-refractivity contribution < 1.29 is 4.42 Å². The summed E-state index contributed by atoms with van der Waals surface area (Å²) in [6, 6.07) is 6.47. The first-order chi connectivity index (χ1) is 15.7. The van der Waals surface area contributed by atoms with Gasteiger partial charge in [-0.1, -0.05) is 25.0 Å². The van der Waals surface area contributed by atoms with Crippen LogP contribution in [0.2, 0.25) is 0 Å². The van der Waals surface area contributed by atoms with E-state index in [2.05, 4.69) is 61.0 Å². The van der Waals surface area contributed by atoms with Crippen molar-refractivity contribution in [3.63, 3.8) is 0 Å². The van der Waals surface area contributed by atoms with Crippen molar-refractivity contribution in [3.8, 4) is 11.6 Å². The molecule has 5 aromatic heterocycles. The number of aromatic nitrogens is 8. The van der Waals surface area contributed by atoms with E-state index < -0.39 is 0 Å². The lowest BCUT2D eigenvalue weighted by Crippen LogP contribution is -2.36. The number of nitrogens with one attached hydrogen (secondary N) is 1. The van der Waals surface area contributed by atoms with Gasteiger partial charge in [0.1, 0.15) is 11.7 Å². The van der Waals surface area contributed by atoms with Crippen LogP contribution in [-0.2, 0) is 6.42 Å². The van der Waals surface area contributed by atoms with E-state index in [1.165, 1.54) is 5.56 Å². The van der Waals surface area contributed by atoms with E-state index in [1.54, 1.807) is 24.9 Å². The quantitative estimate of drug-likeness (QED) is 0.465. The number of anilines is 1. The maximum Gasteiger partial charge on any atom is 0.319 e. The van der Waals surface area contributed by atoms with E-state index in [9.17, 15) is 0 Å². The van der Waals surface area contributed by atoms with Crippen molar-refractivity contribution in [3.05, 3.63) is 72.0 Å². The zero-order chi connectivity index (χ0) is 21.7. The fourth-order valence-electron chi connectivity index (χ4n) is 4.30. The number of hydrogen-bond acceptors (Lipinski definition) is 8. The van der Waals surface area contributed by atoms with Crippen molar-refractivity contribution >= 4 is 11.5 Å². The molecule has 0 amide bonds. The molecular formula is C22H21N9O. The summed E-state index contributed by atoms with van der Waals surface area (Å²) >= 11 is 0. The summed E-state index contributed by atoms with van der Waals surface area (Å²) < 4.78 is 7.95. The summed E-state index contributed by atoms with van der Waals surface area (Å²) in [4.78, 5) is 18.3. The molecule has 6 heterocycles. The molecule has 32 heavy (non-hydrogen) atoms.